The molecule has 0 aliphatic heterocycles. The van der Waals surface area contributed by atoms with Gasteiger partial charge in [-0.3, -0.25) is 4.68 Å². The highest BCUT2D eigenvalue weighted by atomic mass is 79.9. The van der Waals surface area contributed by atoms with E-state index in [2.05, 4.69) is 38.8 Å². The summed E-state index contributed by atoms with van der Waals surface area (Å²) in [5, 5.41) is 4.34. The first-order valence-corrected chi connectivity index (χ1v) is 5.74. The van der Waals surface area contributed by atoms with Crippen molar-refractivity contribution in [3.8, 4) is 0 Å². The largest absolute Gasteiger partial charge is 0.269 e. The molecular formula is C10H15BrN2. The minimum atomic E-state index is 0.634. The Balaban J connectivity index is 2.08. The van der Waals surface area contributed by atoms with E-state index in [9.17, 15) is 0 Å². The monoisotopic (exact) mass is 242 g/mol. The number of aromatic nitrogens is 2. The summed E-state index contributed by atoms with van der Waals surface area (Å²) < 4.78 is 3.20. The molecule has 0 radical (unpaired) electrons. The molecule has 2 nitrogen and oxygen atoms in total. The number of nitrogens with zero attached hydrogens (tertiary/aromatic N) is 2. The van der Waals surface area contributed by atoms with Gasteiger partial charge in [0.05, 0.1) is 16.7 Å². The second-order valence-corrected chi connectivity index (χ2v) is 4.98. The lowest BCUT2D eigenvalue weighted by molar-refractivity contribution is 0.266. The molecule has 1 heterocycles. The molecule has 13 heavy (non-hydrogen) atoms. The van der Waals surface area contributed by atoms with Gasteiger partial charge in [-0.15, -0.1) is 0 Å². The Labute approximate surface area is 87.5 Å². The molecule has 2 unspecified atom stereocenters. The van der Waals surface area contributed by atoms with Gasteiger partial charge >= 0.3 is 0 Å². The molecule has 1 aliphatic rings. The Morgan fingerprint density at radius 2 is 2.38 bits per heavy atom. The predicted octanol–water partition coefficient (Wildman–Crippen LogP) is 3.40. The minimum Gasteiger partial charge on any atom is -0.269 e. The first-order chi connectivity index (χ1) is 6.25. The third kappa shape index (κ3) is 2.13. The average Bonchev–Trinajstić information content (AvgIpc) is 2.52. The highest BCUT2D eigenvalue weighted by Crippen LogP contribution is 2.32. The van der Waals surface area contributed by atoms with Gasteiger partial charge < -0.3 is 0 Å². The standard InChI is InChI=1S/C10H15BrN2/c1-8-3-2-4-10(5-8)13-7-9(11)6-12-13/h6-8,10H,2-5H2,1H3. The van der Waals surface area contributed by atoms with Gasteiger partial charge in [0.1, 0.15) is 0 Å². The molecule has 72 valence electrons. The van der Waals surface area contributed by atoms with Gasteiger partial charge in [0, 0.05) is 6.20 Å². The molecule has 0 amide bonds. The smallest absolute Gasteiger partial charge is 0.0632 e. The molecule has 2 rings (SSSR count). The molecule has 0 bridgehead atoms. The lowest BCUT2D eigenvalue weighted by Crippen LogP contribution is -2.17. The molecule has 1 aromatic heterocycles. The average molecular weight is 243 g/mol. The van der Waals surface area contributed by atoms with Crippen molar-refractivity contribution < 1.29 is 0 Å². The maximum absolute atomic E-state index is 4.34. The molecule has 2 atom stereocenters. The summed E-state index contributed by atoms with van der Waals surface area (Å²) in [4.78, 5) is 0. The van der Waals surface area contributed by atoms with Gasteiger partial charge in [0.2, 0.25) is 0 Å². The van der Waals surface area contributed by atoms with Crippen molar-refractivity contribution in [2.75, 3.05) is 0 Å². The summed E-state index contributed by atoms with van der Waals surface area (Å²) in [7, 11) is 0. The lowest BCUT2D eigenvalue weighted by atomic mass is 9.87. The van der Waals surface area contributed by atoms with Crippen LogP contribution in [0.15, 0.2) is 16.9 Å². The van der Waals surface area contributed by atoms with Crippen molar-refractivity contribution in [3.05, 3.63) is 16.9 Å². The lowest BCUT2D eigenvalue weighted by Gasteiger charge is -2.26. The van der Waals surface area contributed by atoms with Crippen LogP contribution in [0, 0.1) is 5.92 Å². The van der Waals surface area contributed by atoms with Crippen LogP contribution in [0.2, 0.25) is 0 Å². The maximum Gasteiger partial charge on any atom is 0.0632 e. The number of hydrogen-bond donors (Lipinski definition) is 0. The molecule has 3 heteroatoms. The van der Waals surface area contributed by atoms with Crippen LogP contribution in [0.5, 0.6) is 0 Å². The zero-order chi connectivity index (χ0) is 9.26. The molecule has 0 N–H and O–H groups in total. The summed E-state index contributed by atoms with van der Waals surface area (Å²) in [5.74, 6) is 0.863. The molecular weight excluding hydrogens is 228 g/mol. The third-order valence-electron chi connectivity index (χ3n) is 2.85. The Kier molecular flexibility index (Phi) is 2.72. The summed E-state index contributed by atoms with van der Waals surface area (Å²) in [6, 6.07) is 0.634. The van der Waals surface area contributed by atoms with E-state index in [1.54, 1.807) is 0 Å². The fourth-order valence-corrected chi connectivity index (χ4v) is 2.46. The molecule has 0 aromatic carbocycles. The molecule has 1 aromatic rings. The molecule has 0 saturated heterocycles. The van der Waals surface area contributed by atoms with Crippen LogP contribution in [0.3, 0.4) is 0 Å². The normalized spacial score (nSPS) is 29.1. The Morgan fingerprint density at radius 1 is 1.54 bits per heavy atom. The van der Waals surface area contributed by atoms with Gasteiger partial charge in [-0.25, -0.2) is 0 Å². The predicted molar refractivity (Wildman–Crippen MR) is 56.6 cm³/mol. The first kappa shape index (κ1) is 9.25. The molecule has 1 aliphatic carbocycles. The van der Waals surface area contributed by atoms with Gasteiger partial charge in [-0.05, 0) is 34.7 Å². The summed E-state index contributed by atoms with van der Waals surface area (Å²) in [6.07, 6.45) is 9.27. The van der Waals surface area contributed by atoms with Crippen LogP contribution in [0.25, 0.3) is 0 Å². The fraction of sp³-hybridized carbons (Fsp3) is 0.700. The van der Waals surface area contributed by atoms with Crippen LogP contribution in [-0.2, 0) is 0 Å². The van der Waals surface area contributed by atoms with E-state index >= 15 is 0 Å². The van der Waals surface area contributed by atoms with E-state index < -0.39 is 0 Å². The van der Waals surface area contributed by atoms with Crippen molar-refractivity contribution in [1.82, 2.24) is 9.78 Å². The second-order valence-electron chi connectivity index (χ2n) is 4.06. The van der Waals surface area contributed by atoms with E-state index in [-0.39, 0.29) is 0 Å². The number of hydrogen-bond acceptors (Lipinski definition) is 1. The van der Waals surface area contributed by atoms with Crippen LogP contribution in [0.1, 0.15) is 38.6 Å². The topological polar surface area (TPSA) is 17.8 Å². The van der Waals surface area contributed by atoms with Gasteiger partial charge in [0.25, 0.3) is 0 Å². The van der Waals surface area contributed by atoms with E-state index in [0.717, 1.165) is 10.4 Å². The van der Waals surface area contributed by atoms with Crippen molar-refractivity contribution in [2.45, 2.75) is 38.6 Å². The Hall–Kier alpha value is -0.310. The van der Waals surface area contributed by atoms with Crippen molar-refractivity contribution in [1.29, 1.82) is 0 Å². The fourth-order valence-electron chi connectivity index (χ4n) is 2.16. The minimum absolute atomic E-state index is 0.634. The van der Waals surface area contributed by atoms with E-state index in [0.29, 0.717) is 6.04 Å². The summed E-state index contributed by atoms with van der Waals surface area (Å²) >= 11 is 3.43. The SMILES string of the molecule is CC1CCCC(n2cc(Br)cn2)C1. The summed E-state index contributed by atoms with van der Waals surface area (Å²) in [5.41, 5.74) is 0. The number of halogens is 1. The zero-order valence-electron chi connectivity index (χ0n) is 7.91. The quantitative estimate of drug-likeness (QED) is 0.739. The maximum atomic E-state index is 4.34. The highest BCUT2D eigenvalue weighted by molar-refractivity contribution is 9.10. The highest BCUT2D eigenvalue weighted by Gasteiger charge is 2.20. The zero-order valence-corrected chi connectivity index (χ0v) is 9.50. The van der Waals surface area contributed by atoms with E-state index in [4.69, 9.17) is 0 Å². The first-order valence-electron chi connectivity index (χ1n) is 4.95. The molecule has 1 saturated carbocycles. The Morgan fingerprint density at radius 3 is 3.00 bits per heavy atom. The molecule has 1 fully saturated rings. The van der Waals surface area contributed by atoms with Gasteiger partial charge in [0.15, 0.2) is 0 Å². The van der Waals surface area contributed by atoms with E-state index in [1.165, 1.54) is 25.7 Å². The van der Waals surface area contributed by atoms with Crippen LogP contribution in [-0.4, -0.2) is 9.78 Å². The van der Waals surface area contributed by atoms with Crippen molar-refractivity contribution in [3.63, 3.8) is 0 Å². The van der Waals surface area contributed by atoms with Crippen LogP contribution >= 0.6 is 15.9 Å². The van der Waals surface area contributed by atoms with Crippen molar-refractivity contribution >= 4 is 15.9 Å². The third-order valence-corrected chi connectivity index (χ3v) is 3.26. The van der Waals surface area contributed by atoms with Crippen molar-refractivity contribution in [2.24, 2.45) is 5.92 Å². The summed E-state index contributed by atoms with van der Waals surface area (Å²) in [6.45, 7) is 2.34. The van der Waals surface area contributed by atoms with Gasteiger partial charge in [-0.2, -0.15) is 5.10 Å². The van der Waals surface area contributed by atoms with E-state index in [1.807, 2.05) is 6.20 Å². The number of rotatable bonds is 1. The second kappa shape index (κ2) is 3.82. The Bertz CT molecular complexity index is 282. The van der Waals surface area contributed by atoms with Crippen LogP contribution in [0.4, 0.5) is 0 Å². The van der Waals surface area contributed by atoms with Gasteiger partial charge in [-0.1, -0.05) is 19.8 Å². The van der Waals surface area contributed by atoms with Crippen LogP contribution < -0.4 is 0 Å². The molecule has 0 spiro atoms.